The van der Waals surface area contributed by atoms with Crippen LogP contribution in [0.25, 0.3) is 0 Å². The molecule has 1 aliphatic rings. The Kier molecular flexibility index (Phi) is 6.82. The van der Waals surface area contributed by atoms with Crippen molar-refractivity contribution in [3.63, 3.8) is 0 Å². The van der Waals surface area contributed by atoms with Gasteiger partial charge in [0.25, 0.3) is 10.0 Å². The fraction of sp³-hybridized carbons (Fsp3) is 0.379. The number of nitrogens with zero attached hydrogens (tertiary/aromatic N) is 1. The molecule has 0 radical (unpaired) electrons. The molecule has 3 aromatic carbocycles. The highest BCUT2D eigenvalue weighted by molar-refractivity contribution is 7.92. The van der Waals surface area contributed by atoms with Crippen LogP contribution in [-0.4, -0.2) is 25.4 Å². The number of benzene rings is 3. The molecular formula is C29H35FN2O2S. The minimum absolute atomic E-state index is 0.0319. The SMILES string of the molecule is CC(C)(C)c1ccc(CC(C)(C)N2CCc3cc(S(=O)(=O)Nc4ccc(F)cc4)ccc3C2)cc1. The highest BCUT2D eigenvalue weighted by atomic mass is 32.2. The van der Waals surface area contributed by atoms with Gasteiger partial charge in [-0.1, -0.05) is 51.1 Å². The minimum Gasteiger partial charge on any atom is -0.293 e. The number of hydrogen-bond donors (Lipinski definition) is 1. The van der Waals surface area contributed by atoms with Crippen molar-refractivity contribution in [1.29, 1.82) is 0 Å². The Morgan fingerprint density at radius 2 is 1.54 bits per heavy atom. The van der Waals surface area contributed by atoms with E-state index >= 15 is 0 Å². The summed E-state index contributed by atoms with van der Waals surface area (Å²) in [5.74, 6) is -0.406. The predicted octanol–water partition coefficient (Wildman–Crippen LogP) is 6.30. The third kappa shape index (κ3) is 5.93. The van der Waals surface area contributed by atoms with Gasteiger partial charge < -0.3 is 0 Å². The monoisotopic (exact) mass is 494 g/mol. The molecule has 0 unspecified atom stereocenters. The molecule has 35 heavy (non-hydrogen) atoms. The normalized spacial score (nSPS) is 15.0. The molecule has 1 N–H and O–H groups in total. The quantitative estimate of drug-likeness (QED) is 0.437. The van der Waals surface area contributed by atoms with E-state index in [2.05, 4.69) is 68.5 Å². The first kappa shape index (κ1) is 25.4. The van der Waals surface area contributed by atoms with Gasteiger partial charge in [0.1, 0.15) is 5.82 Å². The van der Waals surface area contributed by atoms with Crippen LogP contribution in [0.15, 0.2) is 71.6 Å². The van der Waals surface area contributed by atoms with E-state index in [1.54, 1.807) is 12.1 Å². The number of halogens is 1. The smallest absolute Gasteiger partial charge is 0.261 e. The Bertz CT molecular complexity index is 1290. The average molecular weight is 495 g/mol. The van der Waals surface area contributed by atoms with Gasteiger partial charge in [-0.15, -0.1) is 0 Å². The number of hydrogen-bond acceptors (Lipinski definition) is 3. The Balaban J connectivity index is 1.46. The van der Waals surface area contributed by atoms with Crippen LogP contribution in [0, 0.1) is 5.82 Å². The molecule has 0 fully saturated rings. The third-order valence-electron chi connectivity index (χ3n) is 6.91. The molecule has 0 saturated carbocycles. The van der Waals surface area contributed by atoms with Gasteiger partial charge in [-0.3, -0.25) is 9.62 Å². The highest BCUT2D eigenvalue weighted by Gasteiger charge is 2.31. The van der Waals surface area contributed by atoms with Gasteiger partial charge >= 0.3 is 0 Å². The standard InChI is InChI=1S/C29H35FN2O2S/c1-28(2,3)24-9-6-21(7-10-24)19-29(4,5)32-17-16-22-18-27(15-8-23(22)20-32)35(33,34)31-26-13-11-25(30)12-14-26/h6-15,18,31H,16-17,19-20H2,1-5H3. The fourth-order valence-corrected chi connectivity index (χ4v) is 5.79. The van der Waals surface area contributed by atoms with E-state index in [4.69, 9.17) is 0 Å². The van der Waals surface area contributed by atoms with Gasteiger partial charge in [0.2, 0.25) is 0 Å². The second-order valence-electron chi connectivity index (χ2n) is 11.2. The number of anilines is 1. The van der Waals surface area contributed by atoms with Crippen LogP contribution >= 0.6 is 0 Å². The van der Waals surface area contributed by atoms with Crippen molar-refractivity contribution >= 4 is 15.7 Å². The van der Waals surface area contributed by atoms with Crippen molar-refractivity contribution in [3.05, 3.63) is 94.8 Å². The summed E-state index contributed by atoms with van der Waals surface area (Å²) in [7, 11) is -3.74. The molecule has 0 aliphatic carbocycles. The number of nitrogens with one attached hydrogen (secondary N) is 1. The summed E-state index contributed by atoms with van der Waals surface area (Å²) in [6.07, 6.45) is 1.74. The summed E-state index contributed by atoms with van der Waals surface area (Å²) >= 11 is 0. The first-order chi connectivity index (χ1) is 16.3. The summed E-state index contributed by atoms with van der Waals surface area (Å²) in [6.45, 7) is 12.9. The maximum Gasteiger partial charge on any atom is 0.261 e. The lowest BCUT2D eigenvalue weighted by Gasteiger charge is -2.42. The van der Waals surface area contributed by atoms with Crippen molar-refractivity contribution in [2.75, 3.05) is 11.3 Å². The van der Waals surface area contributed by atoms with Gasteiger partial charge in [-0.05, 0) is 90.8 Å². The Morgan fingerprint density at radius 1 is 0.886 bits per heavy atom. The highest BCUT2D eigenvalue weighted by Crippen LogP contribution is 2.30. The van der Waals surface area contributed by atoms with Crippen LogP contribution < -0.4 is 4.72 Å². The van der Waals surface area contributed by atoms with E-state index in [0.717, 1.165) is 37.1 Å². The molecule has 0 spiro atoms. The molecule has 6 heteroatoms. The largest absolute Gasteiger partial charge is 0.293 e. The minimum atomic E-state index is -3.74. The maximum atomic E-state index is 13.1. The second kappa shape index (κ2) is 9.40. The van der Waals surface area contributed by atoms with Crippen LogP contribution in [0.1, 0.15) is 56.9 Å². The van der Waals surface area contributed by atoms with E-state index in [1.165, 1.54) is 35.4 Å². The van der Waals surface area contributed by atoms with Crippen molar-refractivity contribution < 1.29 is 12.8 Å². The van der Waals surface area contributed by atoms with Crippen LogP contribution in [0.2, 0.25) is 0 Å². The zero-order valence-electron chi connectivity index (χ0n) is 21.2. The fourth-order valence-electron chi connectivity index (χ4n) is 4.68. The molecule has 1 aliphatic heterocycles. The molecule has 4 rings (SSSR count). The van der Waals surface area contributed by atoms with Gasteiger partial charge in [-0.25, -0.2) is 12.8 Å². The lowest BCUT2D eigenvalue weighted by Crippen LogP contribution is -2.48. The van der Waals surface area contributed by atoms with Crippen LogP contribution in [0.4, 0.5) is 10.1 Å². The summed E-state index contributed by atoms with van der Waals surface area (Å²) in [4.78, 5) is 2.71. The summed E-state index contributed by atoms with van der Waals surface area (Å²) in [5.41, 5.74) is 5.34. The van der Waals surface area contributed by atoms with Crippen LogP contribution in [-0.2, 0) is 34.8 Å². The van der Waals surface area contributed by atoms with E-state index in [0.29, 0.717) is 5.69 Å². The molecule has 186 valence electrons. The summed E-state index contributed by atoms with van der Waals surface area (Å²) < 4.78 is 41.4. The van der Waals surface area contributed by atoms with E-state index in [9.17, 15) is 12.8 Å². The van der Waals surface area contributed by atoms with Gasteiger partial charge in [0.05, 0.1) is 4.90 Å². The first-order valence-corrected chi connectivity index (χ1v) is 13.6. The molecule has 0 aromatic heterocycles. The number of rotatable bonds is 6. The maximum absolute atomic E-state index is 13.1. The average Bonchev–Trinajstić information content (AvgIpc) is 2.79. The summed E-state index contributed by atoms with van der Waals surface area (Å²) in [5, 5.41) is 0. The molecule has 0 amide bonds. The Labute approximate surface area is 209 Å². The molecule has 0 saturated heterocycles. The Morgan fingerprint density at radius 3 is 2.17 bits per heavy atom. The van der Waals surface area contributed by atoms with Crippen molar-refractivity contribution in [3.8, 4) is 0 Å². The van der Waals surface area contributed by atoms with Gasteiger partial charge in [0, 0.05) is 24.3 Å². The lowest BCUT2D eigenvalue weighted by molar-refractivity contribution is 0.104. The van der Waals surface area contributed by atoms with E-state index in [-0.39, 0.29) is 15.8 Å². The zero-order chi connectivity index (χ0) is 25.4. The first-order valence-electron chi connectivity index (χ1n) is 12.1. The zero-order valence-corrected chi connectivity index (χ0v) is 22.0. The number of sulfonamides is 1. The van der Waals surface area contributed by atoms with E-state index in [1.807, 2.05) is 6.07 Å². The van der Waals surface area contributed by atoms with Gasteiger partial charge in [0.15, 0.2) is 0 Å². The van der Waals surface area contributed by atoms with Gasteiger partial charge in [-0.2, -0.15) is 0 Å². The van der Waals surface area contributed by atoms with E-state index < -0.39 is 15.8 Å². The lowest BCUT2D eigenvalue weighted by atomic mass is 9.85. The predicted molar refractivity (Wildman–Crippen MR) is 141 cm³/mol. The molecule has 0 bridgehead atoms. The number of fused-ring (bicyclic) bond motifs is 1. The molecule has 1 heterocycles. The van der Waals surface area contributed by atoms with Crippen LogP contribution in [0.3, 0.4) is 0 Å². The van der Waals surface area contributed by atoms with Crippen molar-refractivity contribution in [2.45, 2.75) is 69.9 Å². The van der Waals surface area contributed by atoms with Crippen LogP contribution in [0.5, 0.6) is 0 Å². The molecule has 4 nitrogen and oxygen atoms in total. The summed E-state index contributed by atoms with van der Waals surface area (Å²) in [6, 6.07) is 19.6. The topological polar surface area (TPSA) is 49.4 Å². The van der Waals surface area contributed by atoms with Crippen molar-refractivity contribution in [2.24, 2.45) is 0 Å². The molecule has 0 atom stereocenters. The molecular weight excluding hydrogens is 459 g/mol. The van der Waals surface area contributed by atoms with Crippen molar-refractivity contribution in [1.82, 2.24) is 4.90 Å². The third-order valence-corrected chi connectivity index (χ3v) is 8.29. The molecule has 3 aromatic rings. The Hall–Kier alpha value is -2.70. The second-order valence-corrected chi connectivity index (χ2v) is 12.8.